The number of nitrogens with zero attached hydrogens (tertiary/aromatic N) is 4. The Labute approximate surface area is 158 Å². The SMILES string of the molecule is Nc1ncnc2c1nc(Sc1cc3c(cc1Br)OCO3)n2CC(=O)NO. The van der Waals surface area contributed by atoms with Gasteiger partial charge in [0.25, 0.3) is 5.91 Å². The van der Waals surface area contributed by atoms with Crippen LogP contribution in [-0.4, -0.2) is 37.4 Å². The highest BCUT2D eigenvalue weighted by Gasteiger charge is 2.21. The van der Waals surface area contributed by atoms with E-state index in [0.29, 0.717) is 27.8 Å². The van der Waals surface area contributed by atoms with Crippen LogP contribution in [0.3, 0.4) is 0 Å². The van der Waals surface area contributed by atoms with Crippen molar-refractivity contribution in [3.8, 4) is 11.5 Å². The summed E-state index contributed by atoms with van der Waals surface area (Å²) in [4.78, 5) is 25.0. The second-order valence-electron chi connectivity index (χ2n) is 5.18. The average Bonchev–Trinajstić information content (AvgIpc) is 3.21. The molecule has 0 spiro atoms. The summed E-state index contributed by atoms with van der Waals surface area (Å²) in [6.45, 7) is -0.0227. The van der Waals surface area contributed by atoms with Gasteiger partial charge in [0.1, 0.15) is 12.9 Å². The van der Waals surface area contributed by atoms with Gasteiger partial charge in [0.2, 0.25) is 6.79 Å². The van der Waals surface area contributed by atoms with E-state index >= 15 is 0 Å². The highest BCUT2D eigenvalue weighted by molar-refractivity contribution is 9.10. The number of nitrogens with one attached hydrogen (secondary N) is 1. The van der Waals surface area contributed by atoms with Crippen LogP contribution in [0.15, 0.2) is 33.0 Å². The maximum atomic E-state index is 11.7. The number of fused-ring (bicyclic) bond motifs is 2. The first-order chi connectivity index (χ1) is 12.6. The number of halogens is 1. The number of rotatable bonds is 4. The van der Waals surface area contributed by atoms with Gasteiger partial charge in [-0.1, -0.05) is 11.8 Å². The Kier molecular flexibility index (Phi) is 4.30. The molecule has 3 heterocycles. The number of hydroxylamine groups is 1. The van der Waals surface area contributed by atoms with Crippen molar-refractivity contribution in [2.24, 2.45) is 0 Å². The van der Waals surface area contributed by atoms with Crippen molar-refractivity contribution in [3.63, 3.8) is 0 Å². The maximum Gasteiger partial charge on any atom is 0.263 e. The molecule has 10 nitrogen and oxygen atoms in total. The first kappa shape index (κ1) is 16.9. The molecular weight excluding hydrogens is 428 g/mol. The number of carbonyl (C=O) groups excluding carboxylic acids is 1. The molecule has 0 unspecified atom stereocenters. The van der Waals surface area contributed by atoms with Crippen molar-refractivity contribution in [3.05, 3.63) is 22.9 Å². The molecule has 1 aliphatic rings. The van der Waals surface area contributed by atoms with E-state index in [1.54, 1.807) is 16.1 Å². The molecule has 134 valence electrons. The van der Waals surface area contributed by atoms with Gasteiger partial charge in [-0.15, -0.1) is 0 Å². The zero-order valence-corrected chi connectivity index (χ0v) is 15.4. The minimum Gasteiger partial charge on any atom is -0.454 e. The van der Waals surface area contributed by atoms with Crippen molar-refractivity contribution in [2.45, 2.75) is 16.6 Å². The van der Waals surface area contributed by atoms with Crippen LogP contribution in [0, 0.1) is 0 Å². The molecule has 3 aromatic rings. The van der Waals surface area contributed by atoms with Crippen molar-refractivity contribution < 1.29 is 19.5 Å². The minimum absolute atomic E-state index is 0.164. The van der Waals surface area contributed by atoms with Gasteiger partial charge in [-0.2, -0.15) is 0 Å². The van der Waals surface area contributed by atoms with Gasteiger partial charge in [-0.25, -0.2) is 20.4 Å². The summed E-state index contributed by atoms with van der Waals surface area (Å²) < 4.78 is 13.1. The van der Waals surface area contributed by atoms with E-state index in [0.717, 1.165) is 9.37 Å². The first-order valence-electron chi connectivity index (χ1n) is 7.23. The molecule has 0 saturated carbocycles. The standard InChI is InChI=1S/C14H11BrN6O4S/c15-6-1-7-8(25-5-24-7)2-9(6)26-14-19-11-12(16)17-4-18-13(11)21(14)3-10(22)20-23/h1-2,4,23H,3,5H2,(H,20,22)(H2,16,17,18). The van der Waals surface area contributed by atoms with E-state index in [9.17, 15) is 4.79 Å². The van der Waals surface area contributed by atoms with Gasteiger partial charge in [0, 0.05) is 9.37 Å². The average molecular weight is 439 g/mol. The molecule has 0 bridgehead atoms. The Hall–Kier alpha value is -2.57. The van der Waals surface area contributed by atoms with Crippen LogP contribution in [0.4, 0.5) is 5.82 Å². The molecular formula is C14H11BrN6O4S. The Morgan fingerprint density at radius 2 is 2.15 bits per heavy atom. The number of amides is 1. The highest BCUT2D eigenvalue weighted by atomic mass is 79.9. The number of hydrogen-bond donors (Lipinski definition) is 3. The number of hydrogen-bond acceptors (Lipinski definition) is 9. The molecule has 0 aliphatic carbocycles. The van der Waals surface area contributed by atoms with Crippen LogP contribution in [0.1, 0.15) is 0 Å². The lowest BCUT2D eigenvalue weighted by Crippen LogP contribution is -2.24. The van der Waals surface area contributed by atoms with E-state index in [4.69, 9.17) is 20.4 Å². The lowest BCUT2D eigenvalue weighted by molar-refractivity contribution is -0.129. The molecule has 0 radical (unpaired) electrons. The summed E-state index contributed by atoms with van der Waals surface area (Å²) >= 11 is 4.77. The van der Waals surface area contributed by atoms with Gasteiger partial charge < -0.3 is 15.2 Å². The molecule has 1 aliphatic heterocycles. The second kappa shape index (κ2) is 6.63. The molecule has 2 aromatic heterocycles. The van der Waals surface area contributed by atoms with Gasteiger partial charge in [0.05, 0.1) is 0 Å². The number of carbonyl (C=O) groups is 1. The summed E-state index contributed by atoms with van der Waals surface area (Å²) in [6, 6.07) is 3.61. The molecule has 1 amide bonds. The molecule has 0 atom stereocenters. The van der Waals surface area contributed by atoms with E-state index in [2.05, 4.69) is 30.9 Å². The molecule has 0 saturated heterocycles. The highest BCUT2D eigenvalue weighted by Crippen LogP contribution is 2.43. The largest absolute Gasteiger partial charge is 0.454 e. The fourth-order valence-corrected chi connectivity index (χ4v) is 3.89. The normalized spacial score (nSPS) is 12.5. The number of anilines is 1. The Balaban J connectivity index is 1.80. The summed E-state index contributed by atoms with van der Waals surface area (Å²) in [5.74, 6) is 0.841. The lowest BCUT2D eigenvalue weighted by atomic mass is 10.3. The monoisotopic (exact) mass is 438 g/mol. The zero-order valence-electron chi connectivity index (χ0n) is 13.0. The fraction of sp³-hybridized carbons (Fsp3) is 0.143. The van der Waals surface area contributed by atoms with Crippen LogP contribution in [-0.2, 0) is 11.3 Å². The quantitative estimate of drug-likeness (QED) is 0.408. The van der Waals surface area contributed by atoms with E-state index in [1.807, 2.05) is 6.07 Å². The van der Waals surface area contributed by atoms with Crippen LogP contribution >= 0.6 is 27.7 Å². The summed E-state index contributed by atoms with van der Waals surface area (Å²) in [6.07, 6.45) is 1.29. The Bertz CT molecular complexity index is 1030. The smallest absolute Gasteiger partial charge is 0.263 e. The van der Waals surface area contributed by atoms with Crippen LogP contribution < -0.4 is 20.7 Å². The number of nitrogen functional groups attached to an aromatic ring is 1. The number of imidazole rings is 1. The summed E-state index contributed by atoms with van der Waals surface area (Å²) in [5, 5.41) is 9.31. The van der Waals surface area contributed by atoms with Gasteiger partial charge >= 0.3 is 0 Å². The molecule has 4 rings (SSSR count). The Morgan fingerprint density at radius 3 is 2.92 bits per heavy atom. The molecule has 26 heavy (non-hydrogen) atoms. The van der Waals surface area contributed by atoms with E-state index in [1.165, 1.54) is 18.1 Å². The predicted octanol–water partition coefficient (Wildman–Crippen LogP) is 1.56. The van der Waals surface area contributed by atoms with Gasteiger partial charge in [0.15, 0.2) is 33.6 Å². The van der Waals surface area contributed by atoms with Crippen LogP contribution in [0.2, 0.25) is 0 Å². The van der Waals surface area contributed by atoms with Crippen LogP contribution in [0.25, 0.3) is 11.2 Å². The summed E-state index contributed by atoms with van der Waals surface area (Å²) in [5.41, 5.74) is 8.23. The third-order valence-electron chi connectivity index (χ3n) is 3.58. The fourth-order valence-electron chi connectivity index (χ4n) is 2.41. The minimum atomic E-state index is -0.618. The second-order valence-corrected chi connectivity index (χ2v) is 7.05. The number of ether oxygens (including phenoxy) is 2. The van der Waals surface area contributed by atoms with Crippen LogP contribution in [0.5, 0.6) is 11.5 Å². The van der Waals surface area contributed by atoms with E-state index in [-0.39, 0.29) is 19.2 Å². The lowest BCUT2D eigenvalue weighted by Gasteiger charge is -2.08. The summed E-state index contributed by atoms with van der Waals surface area (Å²) in [7, 11) is 0. The predicted molar refractivity (Wildman–Crippen MR) is 94.1 cm³/mol. The number of benzene rings is 1. The molecule has 12 heteroatoms. The van der Waals surface area contributed by atoms with Crippen molar-refractivity contribution in [1.82, 2.24) is 25.0 Å². The van der Waals surface area contributed by atoms with Crippen molar-refractivity contribution in [2.75, 3.05) is 12.5 Å². The van der Waals surface area contributed by atoms with Gasteiger partial charge in [-0.3, -0.25) is 14.6 Å². The van der Waals surface area contributed by atoms with Gasteiger partial charge in [-0.05, 0) is 28.1 Å². The molecule has 4 N–H and O–H groups in total. The zero-order chi connectivity index (χ0) is 18.3. The third-order valence-corrected chi connectivity index (χ3v) is 5.55. The van der Waals surface area contributed by atoms with E-state index < -0.39 is 5.91 Å². The Morgan fingerprint density at radius 1 is 1.38 bits per heavy atom. The number of aromatic nitrogens is 4. The number of nitrogens with two attached hydrogens (primary N) is 1. The first-order valence-corrected chi connectivity index (χ1v) is 8.84. The van der Waals surface area contributed by atoms with Crippen molar-refractivity contribution >= 4 is 50.6 Å². The maximum absolute atomic E-state index is 11.7. The third kappa shape index (κ3) is 2.91. The molecule has 0 fully saturated rings. The molecule has 1 aromatic carbocycles. The van der Waals surface area contributed by atoms with Crippen molar-refractivity contribution in [1.29, 1.82) is 0 Å². The topological polar surface area (TPSA) is 137 Å².